The van der Waals surface area contributed by atoms with E-state index in [0.717, 1.165) is 32.5 Å². The molecule has 0 aliphatic carbocycles. The lowest BCUT2D eigenvalue weighted by Crippen LogP contribution is -2.16. The van der Waals surface area contributed by atoms with Crippen LogP contribution in [0.25, 0.3) is 0 Å². The van der Waals surface area contributed by atoms with E-state index in [-0.39, 0.29) is 5.75 Å². The van der Waals surface area contributed by atoms with Crippen molar-refractivity contribution in [2.45, 2.75) is 58.8 Å². The molecule has 0 saturated heterocycles. The largest absolute Gasteiger partial charge is 0.381 e. The molecule has 5 heteroatoms. The molecule has 18 heavy (non-hydrogen) atoms. The Morgan fingerprint density at radius 2 is 1.44 bits per heavy atom. The van der Waals surface area contributed by atoms with Gasteiger partial charge in [-0.1, -0.05) is 46.0 Å². The van der Waals surface area contributed by atoms with Crippen LogP contribution in [0.2, 0.25) is 0 Å². The van der Waals surface area contributed by atoms with Gasteiger partial charge in [-0.25, -0.2) is 13.6 Å². The summed E-state index contributed by atoms with van der Waals surface area (Å²) in [4.78, 5) is 0. The Morgan fingerprint density at radius 3 is 1.94 bits per heavy atom. The van der Waals surface area contributed by atoms with Gasteiger partial charge in [0.05, 0.1) is 5.75 Å². The Bertz CT molecular complexity index is 276. The van der Waals surface area contributed by atoms with Gasteiger partial charge in [0.2, 0.25) is 10.0 Å². The second-order valence-electron chi connectivity index (χ2n) is 5.31. The topological polar surface area (TPSA) is 69.4 Å². The average molecular weight is 279 g/mol. The highest BCUT2D eigenvalue weighted by Crippen LogP contribution is 2.08. The molecule has 0 rings (SSSR count). The summed E-state index contributed by atoms with van der Waals surface area (Å²) in [7, 11) is -3.26. The Morgan fingerprint density at radius 1 is 0.944 bits per heavy atom. The van der Waals surface area contributed by atoms with Crippen molar-refractivity contribution in [2.24, 2.45) is 11.1 Å². The molecular formula is C13H29NO3S. The molecule has 0 fully saturated rings. The number of hydrogen-bond donors (Lipinski definition) is 1. The van der Waals surface area contributed by atoms with Crippen LogP contribution in [-0.2, 0) is 14.8 Å². The first-order chi connectivity index (χ1) is 8.42. The molecule has 0 bridgehead atoms. The normalized spacial score (nSPS) is 12.2. The van der Waals surface area contributed by atoms with E-state index in [2.05, 4.69) is 13.8 Å². The molecule has 0 aliphatic rings. The van der Waals surface area contributed by atoms with Gasteiger partial charge >= 0.3 is 0 Å². The molecule has 0 aromatic carbocycles. The average Bonchev–Trinajstić information content (AvgIpc) is 2.24. The third kappa shape index (κ3) is 15.9. The van der Waals surface area contributed by atoms with E-state index < -0.39 is 10.0 Å². The number of rotatable bonds is 12. The van der Waals surface area contributed by atoms with E-state index in [9.17, 15) is 8.42 Å². The van der Waals surface area contributed by atoms with Crippen LogP contribution in [-0.4, -0.2) is 27.4 Å². The van der Waals surface area contributed by atoms with Gasteiger partial charge in [0.15, 0.2) is 0 Å². The fourth-order valence-corrected chi connectivity index (χ4v) is 2.32. The van der Waals surface area contributed by atoms with Crippen LogP contribution in [0.15, 0.2) is 0 Å². The van der Waals surface area contributed by atoms with Crippen LogP contribution in [0, 0.1) is 5.92 Å². The lowest BCUT2D eigenvalue weighted by atomic mass is 10.1. The molecule has 0 heterocycles. The summed E-state index contributed by atoms with van der Waals surface area (Å²) < 4.78 is 26.9. The zero-order valence-electron chi connectivity index (χ0n) is 11.9. The molecule has 4 nitrogen and oxygen atoms in total. The maximum Gasteiger partial charge on any atom is 0.209 e. The molecular weight excluding hydrogens is 250 g/mol. The van der Waals surface area contributed by atoms with Crippen molar-refractivity contribution in [1.82, 2.24) is 0 Å². The quantitative estimate of drug-likeness (QED) is 0.558. The number of hydrogen-bond acceptors (Lipinski definition) is 3. The smallest absolute Gasteiger partial charge is 0.209 e. The number of primary sulfonamides is 1. The molecule has 0 aromatic heterocycles. The number of ether oxygens (including phenoxy) is 1. The second-order valence-corrected chi connectivity index (χ2v) is 7.04. The van der Waals surface area contributed by atoms with Crippen molar-refractivity contribution in [3.05, 3.63) is 0 Å². The first-order valence-corrected chi connectivity index (χ1v) is 8.71. The Balaban J connectivity index is 3.08. The van der Waals surface area contributed by atoms with Crippen molar-refractivity contribution in [3.63, 3.8) is 0 Å². The van der Waals surface area contributed by atoms with Crippen molar-refractivity contribution < 1.29 is 13.2 Å². The van der Waals surface area contributed by atoms with Crippen molar-refractivity contribution in [3.8, 4) is 0 Å². The van der Waals surface area contributed by atoms with E-state index in [0.29, 0.717) is 12.3 Å². The van der Waals surface area contributed by atoms with Crippen LogP contribution in [0.5, 0.6) is 0 Å². The summed E-state index contributed by atoms with van der Waals surface area (Å²) in [6.07, 6.45) is 7.46. The van der Waals surface area contributed by atoms with Crippen LogP contribution in [0.3, 0.4) is 0 Å². The summed E-state index contributed by atoms with van der Waals surface area (Å²) in [5.41, 5.74) is 0. The highest BCUT2D eigenvalue weighted by Gasteiger charge is 2.01. The molecule has 0 amide bonds. The van der Waals surface area contributed by atoms with E-state index in [4.69, 9.17) is 9.88 Å². The van der Waals surface area contributed by atoms with Gasteiger partial charge in [-0.2, -0.15) is 0 Å². The van der Waals surface area contributed by atoms with E-state index >= 15 is 0 Å². The van der Waals surface area contributed by atoms with Gasteiger partial charge in [0, 0.05) is 13.2 Å². The zero-order valence-corrected chi connectivity index (χ0v) is 12.7. The first kappa shape index (κ1) is 17.9. The predicted molar refractivity (Wildman–Crippen MR) is 76.0 cm³/mol. The molecule has 0 unspecified atom stereocenters. The summed E-state index contributed by atoms with van der Waals surface area (Å²) in [5, 5.41) is 4.92. The zero-order chi connectivity index (χ0) is 13.9. The monoisotopic (exact) mass is 279 g/mol. The standard InChI is InChI=1S/C13H29NO3S/c1-13(2)12-17-10-8-6-4-3-5-7-9-11-18(14,15)16/h13H,3-12H2,1-2H3,(H2,14,15,16). The number of unbranched alkanes of at least 4 members (excludes halogenated alkanes) is 6. The summed E-state index contributed by atoms with van der Waals surface area (Å²) >= 11 is 0. The van der Waals surface area contributed by atoms with Crippen molar-refractivity contribution in [2.75, 3.05) is 19.0 Å². The molecule has 2 N–H and O–H groups in total. The lowest BCUT2D eigenvalue weighted by Gasteiger charge is -2.06. The van der Waals surface area contributed by atoms with Gasteiger partial charge in [0.25, 0.3) is 0 Å². The van der Waals surface area contributed by atoms with Gasteiger partial charge in [-0.05, 0) is 18.8 Å². The molecule has 0 aliphatic heterocycles. The summed E-state index contributed by atoms with van der Waals surface area (Å²) in [5.74, 6) is 0.736. The van der Waals surface area contributed by atoms with Gasteiger partial charge in [0.1, 0.15) is 0 Å². The molecule has 0 saturated carbocycles. The fourth-order valence-electron chi connectivity index (χ4n) is 1.71. The SMILES string of the molecule is CC(C)COCCCCCCCCCS(N)(=O)=O. The minimum Gasteiger partial charge on any atom is -0.381 e. The molecule has 0 spiro atoms. The molecule has 0 radical (unpaired) electrons. The van der Waals surface area contributed by atoms with Gasteiger partial charge < -0.3 is 4.74 Å². The number of nitrogens with two attached hydrogens (primary N) is 1. The van der Waals surface area contributed by atoms with Crippen LogP contribution >= 0.6 is 0 Å². The lowest BCUT2D eigenvalue weighted by molar-refractivity contribution is 0.106. The van der Waals surface area contributed by atoms with E-state index in [1.54, 1.807) is 0 Å². The van der Waals surface area contributed by atoms with E-state index in [1.165, 1.54) is 19.3 Å². The third-order valence-corrected chi connectivity index (χ3v) is 3.53. The molecule has 0 atom stereocenters. The van der Waals surface area contributed by atoms with Crippen LogP contribution in [0.1, 0.15) is 58.8 Å². The Labute approximate surface area is 112 Å². The first-order valence-electron chi connectivity index (χ1n) is 7.00. The van der Waals surface area contributed by atoms with Gasteiger partial charge in [-0.15, -0.1) is 0 Å². The summed E-state index contributed by atoms with van der Waals surface area (Å²) in [6.45, 7) is 6.03. The maximum atomic E-state index is 10.7. The molecule has 0 aromatic rings. The van der Waals surface area contributed by atoms with Crippen molar-refractivity contribution >= 4 is 10.0 Å². The van der Waals surface area contributed by atoms with E-state index in [1.807, 2.05) is 0 Å². The highest BCUT2D eigenvalue weighted by molar-refractivity contribution is 7.89. The summed E-state index contributed by atoms with van der Waals surface area (Å²) in [6, 6.07) is 0. The second kappa shape index (κ2) is 10.8. The highest BCUT2D eigenvalue weighted by atomic mass is 32.2. The Hall–Kier alpha value is -0.130. The molecule has 110 valence electrons. The number of sulfonamides is 1. The fraction of sp³-hybridized carbons (Fsp3) is 1.00. The Kier molecular flexibility index (Phi) is 10.7. The minimum absolute atomic E-state index is 0.121. The predicted octanol–water partition coefficient (Wildman–Crippen LogP) is 2.68. The third-order valence-electron chi connectivity index (χ3n) is 2.67. The maximum absolute atomic E-state index is 10.7. The van der Waals surface area contributed by atoms with Crippen LogP contribution in [0.4, 0.5) is 0 Å². The van der Waals surface area contributed by atoms with Crippen molar-refractivity contribution in [1.29, 1.82) is 0 Å². The van der Waals surface area contributed by atoms with Gasteiger partial charge in [-0.3, -0.25) is 0 Å². The van der Waals surface area contributed by atoms with Crippen LogP contribution < -0.4 is 5.14 Å². The minimum atomic E-state index is -3.26.